The van der Waals surface area contributed by atoms with Gasteiger partial charge in [0.25, 0.3) is 5.78 Å². The average molecular weight is 449 g/mol. The molecule has 1 aliphatic carbocycles. The van der Waals surface area contributed by atoms with Crippen molar-refractivity contribution in [1.82, 2.24) is 4.98 Å². The number of benzene rings is 2. The number of rotatable bonds is 8. The van der Waals surface area contributed by atoms with Gasteiger partial charge in [-0.05, 0) is 29.0 Å². The minimum atomic E-state index is -1.56. The van der Waals surface area contributed by atoms with E-state index in [4.69, 9.17) is 5.11 Å². The number of aliphatic carboxylic acids is 1. The van der Waals surface area contributed by atoms with Crippen LogP contribution in [0.5, 0.6) is 0 Å². The van der Waals surface area contributed by atoms with Crippen LogP contribution in [0.4, 0.5) is 5.13 Å². The van der Waals surface area contributed by atoms with E-state index in [0.717, 1.165) is 47.3 Å². The molecule has 164 valence electrons. The lowest BCUT2D eigenvalue weighted by atomic mass is 9.86. The van der Waals surface area contributed by atoms with Gasteiger partial charge in [0.2, 0.25) is 5.91 Å². The van der Waals surface area contributed by atoms with E-state index in [0.29, 0.717) is 5.92 Å². The van der Waals surface area contributed by atoms with Crippen LogP contribution in [0.2, 0.25) is 0 Å². The lowest BCUT2D eigenvalue weighted by Crippen LogP contribution is -2.23. The van der Waals surface area contributed by atoms with Crippen molar-refractivity contribution < 1.29 is 19.5 Å². The highest BCUT2D eigenvalue weighted by Gasteiger charge is 2.28. The van der Waals surface area contributed by atoms with Crippen molar-refractivity contribution in [3.63, 3.8) is 0 Å². The molecule has 32 heavy (non-hydrogen) atoms. The van der Waals surface area contributed by atoms with Crippen molar-refractivity contribution in [2.45, 2.75) is 38.0 Å². The van der Waals surface area contributed by atoms with Crippen LogP contribution < -0.4 is 5.32 Å². The van der Waals surface area contributed by atoms with E-state index in [-0.39, 0.29) is 22.7 Å². The molecule has 4 rings (SSSR count). The first-order valence-corrected chi connectivity index (χ1v) is 11.6. The van der Waals surface area contributed by atoms with Gasteiger partial charge < -0.3 is 10.4 Å². The molecular formula is C25H24N2O4S. The molecule has 0 spiro atoms. The van der Waals surface area contributed by atoms with Gasteiger partial charge in [0.05, 0.1) is 5.92 Å². The summed E-state index contributed by atoms with van der Waals surface area (Å²) in [6, 6.07) is 18.2. The van der Waals surface area contributed by atoms with Gasteiger partial charge in [-0.1, -0.05) is 80.3 Å². The number of carbonyl (C=O) groups excluding carboxylic acids is 2. The Hall–Kier alpha value is -3.32. The zero-order chi connectivity index (χ0) is 22.5. The van der Waals surface area contributed by atoms with Gasteiger partial charge in [0.1, 0.15) is 5.69 Å². The topological polar surface area (TPSA) is 96.4 Å². The molecule has 1 saturated carbocycles. The predicted molar refractivity (Wildman–Crippen MR) is 124 cm³/mol. The maximum atomic E-state index is 13.2. The van der Waals surface area contributed by atoms with Crippen LogP contribution in [0.25, 0.3) is 11.1 Å². The monoisotopic (exact) mass is 448 g/mol. The van der Waals surface area contributed by atoms with Crippen LogP contribution in [0.1, 0.15) is 54.1 Å². The number of thiazole rings is 1. The highest BCUT2D eigenvalue weighted by Crippen LogP contribution is 2.35. The Morgan fingerprint density at radius 2 is 1.66 bits per heavy atom. The summed E-state index contributed by atoms with van der Waals surface area (Å²) in [5.74, 6) is -2.68. The molecule has 1 heterocycles. The molecule has 1 aliphatic rings. The van der Waals surface area contributed by atoms with E-state index in [1.165, 1.54) is 18.2 Å². The molecule has 1 amide bonds. The van der Waals surface area contributed by atoms with Crippen LogP contribution in [0.15, 0.2) is 60.0 Å². The van der Waals surface area contributed by atoms with Crippen LogP contribution in [-0.2, 0) is 9.59 Å². The van der Waals surface area contributed by atoms with Crippen LogP contribution >= 0.6 is 11.3 Å². The summed E-state index contributed by atoms with van der Waals surface area (Å²) in [7, 11) is 0. The van der Waals surface area contributed by atoms with E-state index in [1.807, 2.05) is 42.5 Å². The molecule has 6 nitrogen and oxygen atoms in total. The maximum absolute atomic E-state index is 13.2. The first kappa shape index (κ1) is 21.9. The summed E-state index contributed by atoms with van der Waals surface area (Å²) in [5, 5.41) is 13.2. The second-order valence-electron chi connectivity index (χ2n) is 8.09. The molecule has 0 saturated heterocycles. The van der Waals surface area contributed by atoms with Gasteiger partial charge in [-0.2, -0.15) is 0 Å². The number of carbonyl (C=O) groups is 3. The summed E-state index contributed by atoms with van der Waals surface area (Å²) in [6.45, 7) is 0. The van der Waals surface area contributed by atoms with E-state index in [9.17, 15) is 14.4 Å². The van der Waals surface area contributed by atoms with Gasteiger partial charge in [-0.3, -0.25) is 9.59 Å². The first-order valence-electron chi connectivity index (χ1n) is 10.7. The molecule has 3 aromatic rings. The number of carboxylic acid groups (broad SMARTS) is 1. The molecule has 0 radical (unpaired) electrons. The first-order chi connectivity index (χ1) is 15.5. The number of nitrogens with one attached hydrogen (secondary N) is 1. The minimum Gasteiger partial charge on any atom is -0.475 e. The van der Waals surface area contributed by atoms with Gasteiger partial charge in [-0.25, -0.2) is 9.78 Å². The van der Waals surface area contributed by atoms with Crippen molar-refractivity contribution in [3.8, 4) is 11.1 Å². The van der Waals surface area contributed by atoms with Crippen molar-refractivity contribution in [2.75, 3.05) is 5.32 Å². The largest absolute Gasteiger partial charge is 0.475 e. The Morgan fingerprint density at radius 3 is 2.31 bits per heavy atom. The zero-order valence-corrected chi connectivity index (χ0v) is 18.3. The van der Waals surface area contributed by atoms with Gasteiger partial charge >= 0.3 is 5.97 Å². The van der Waals surface area contributed by atoms with E-state index in [1.54, 1.807) is 0 Å². The third-order valence-electron chi connectivity index (χ3n) is 5.94. The van der Waals surface area contributed by atoms with Crippen molar-refractivity contribution in [1.29, 1.82) is 0 Å². The standard InChI is InChI=1S/C25H24N2O4S/c28-22(24(30)31)21-15-32-25(26-21)27-23(29)20(14-16-6-4-5-7-16)19-12-10-18(11-13-19)17-8-2-1-3-9-17/h1-3,8-13,15-16,20H,4-7,14H2,(H,30,31)(H,26,27,29). The van der Waals surface area contributed by atoms with Gasteiger partial charge in [-0.15, -0.1) is 11.3 Å². The molecule has 1 fully saturated rings. The Balaban J connectivity index is 1.54. The second-order valence-corrected chi connectivity index (χ2v) is 8.95. The molecule has 2 N–H and O–H groups in total. The summed E-state index contributed by atoms with van der Waals surface area (Å²) >= 11 is 1.05. The maximum Gasteiger partial charge on any atom is 0.378 e. The molecule has 1 aromatic heterocycles. The van der Waals surface area contributed by atoms with Gasteiger partial charge in [0.15, 0.2) is 5.13 Å². The lowest BCUT2D eigenvalue weighted by Gasteiger charge is -2.20. The number of anilines is 1. The average Bonchev–Trinajstić information content (AvgIpc) is 3.50. The highest BCUT2D eigenvalue weighted by molar-refractivity contribution is 7.14. The number of ketones is 1. The predicted octanol–water partition coefficient (Wildman–Crippen LogP) is 5.38. The zero-order valence-electron chi connectivity index (χ0n) is 17.5. The number of hydrogen-bond acceptors (Lipinski definition) is 5. The Bertz CT molecular complexity index is 1100. The quantitative estimate of drug-likeness (QED) is 0.356. The molecule has 1 atom stereocenters. The smallest absolute Gasteiger partial charge is 0.378 e. The fourth-order valence-corrected chi connectivity index (χ4v) is 4.94. The SMILES string of the molecule is O=C(O)C(=O)c1csc(NC(=O)C(CC2CCCC2)c2ccc(-c3ccccc3)cc2)n1. The van der Waals surface area contributed by atoms with Crippen LogP contribution in [0.3, 0.4) is 0 Å². The van der Waals surface area contributed by atoms with E-state index in [2.05, 4.69) is 22.4 Å². The molecule has 7 heteroatoms. The number of carboxylic acids is 1. The minimum absolute atomic E-state index is 0.169. The second kappa shape index (κ2) is 9.87. The van der Waals surface area contributed by atoms with Crippen molar-refractivity contribution in [2.24, 2.45) is 5.92 Å². The van der Waals surface area contributed by atoms with Crippen LogP contribution in [0, 0.1) is 5.92 Å². The summed E-state index contributed by atoms with van der Waals surface area (Å²) < 4.78 is 0. The number of aromatic nitrogens is 1. The molecule has 1 unspecified atom stereocenters. The molecule has 0 bridgehead atoms. The van der Waals surface area contributed by atoms with Gasteiger partial charge in [0, 0.05) is 5.38 Å². The number of amides is 1. The Labute approximate surface area is 190 Å². The van der Waals surface area contributed by atoms with E-state index < -0.39 is 11.8 Å². The van der Waals surface area contributed by atoms with Crippen LogP contribution in [-0.4, -0.2) is 27.8 Å². The summed E-state index contributed by atoms with van der Waals surface area (Å²) in [6.07, 6.45) is 5.39. The summed E-state index contributed by atoms with van der Waals surface area (Å²) in [4.78, 5) is 39.7. The highest BCUT2D eigenvalue weighted by atomic mass is 32.1. The molecular weight excluding hydrogens is 424 g/mol. The molecule has 0 aliphatic heterocycles. The fraction of sp³-hybridized carbons (Fsp3) is 0.280. The Morgan fingerprint density at radius 1 is 1.00 bits per heavy atom. The van der Waals surface area contributed by atoms with Crippen molar-refractivity contribution in [3.05, 3.63) is 71.2 Å². The Kier molecular flexibility index (Phi) is 6.75. The molecule has 2 aromatic carbocycles. The number of nitrogens with zero attached hydrogens (tertiary/aromatic N) is 1. The fourth-order valence-electron chi connectivity index (χ4n) is 4.25. The number of Topliss-reactive ketones (excluding diaryl/α,β-unsaturated/α-hetero) is 1. The van der Waals surface area contributed by atoms with E-state index >= 15 is 0 Å². The third-order valence-corrected chi connectivity index (χ3v) is 6.70. The number of hydrogen-bond donors (Lipinski definition) is 2. The van der Waals surface area contributed by atoms with Crippen molar-refractivity contribution >= 4 is 34.1 Å². The lowest BCUT2D eigenvalue weighted by molar-refractivity contribution is -0.131. The summed E-state index contributed by atoms with van der Waals surface area (Å²) in [5.41, 5.74) is 2.98. The normalized spacial score (nSPS) is 14.8. The third kappa shape index (κ3) is 5.11.